The van der Waals surface area contributed by atoms with Gasteiger partial charge in [0.2, 0.25) is 0 Å². The van der Waals surface area contributed by atoms with Gasteiger partial charge in [-0.1, -0.05) is 80.5 Å². The van der Waals surface area contributed by atoms with Crippen LogP contribution in [0.25, 0.3) is 0 Å². The van der Waals surface area contributed by atoms with E-state index in [9.17, 15) is 28.8 Å². The Labute approximate surface area is 283 Å². The third-order valence-corrected chi connectivity index (χ3v) is 4.44. The fraction of sp³-hybridized carbons (Fsp3) is 0.455. The summed E-state index contributed by atoms with van der Waals surface area (Å²) in [7, 11) is 0. The molecule has 0 aliphatic heterocycles. The lowest BCUT2D eigenvalue weighted by atomic mass is 9.88. The highest BCUT2D eigenvalue weighted by atomic mass is 16.4. The van der Waals surface area contributed by atoms with Gasteiger partial charge in [-0.2, -0.15) is 0 Å². The van der Waals surface area contributed by atoms with E-state index in [0.29, 0.717) is 11.8 Å². The van der Waals surface area contributed by atoms with Crippen molar-refractivity contribution in [2.75, 3.05) is 19.8 Å². The Kier molecular flexibility index (Phi) is 51.9. The van der Waals surface area contributed by atoms with Gasteiger partial charge < -0.3 is 46.0 Å². The largest absolute Gasteiger partial charge is 0.478 e. The summed E-state index contributed by atoms with van der Waals surface area (Å²) in [5.74, 6) is -5.75. The van der Waals surface area contributed by atoms with Crippen molar-refractivity contribution in [1.82, 2.24) is 0 Å². The van der Waals surface area contributed by atoms with E-state index in [0.717, 1.165) is 18.2 Å². The van der Waals surface area contributed by atoms with Crippen molar-refractivity contribution in [3.63, 3.8) is 0 Å². The second kappa shape index (κ2) is 40.2. The molecule has 0 aliphatic rings. The highest BCUT2D eigenvalue weighted by molar-refractivity contribution is 5.85. The third-order valence-electron chi connectivity index (χ3n) is 4.44. The molecule has 0 rings (SSSR count). The number of rotatable bonds is 10. The number of aliphatic carboxylic acids is 6. The van der Waals surface area contributed by atoms with E-state index in [4.69, 9.17) is 46.0 Å². The molecule has 15 heteroatoms. The second-order valence-electron chi connectivity index (χ2n) is 10.1. The van der Waals surface area contributed by atoms with Gasteiger partial charge >= 0.3 is 35.8 Å². The van der Waals surface area contributed by atoms with Gasteiger partial charge in [0.1, 0.15) is 0 Å². The lowest BCUT2D eigenvalue weighted by Gasteiger charge is -2.24. The summed E-state index contributed by atoms with van der Waals surface area (Å²) >= 11 is 0. The Morgan fingerprint density at radius 3 is 0.625 bits per heavy atom. The second-order valence-corrected chi connectivity index (χ2v) is 10.1. The summed E-state index contributed by atoms with van der Waals surface area (Å²) in [4.78, 5) is 56.5. The standard InChI is InChI=1S/C6H14O3.C6H14.3C4H6O2.3C3H4O2/c1-2-6(3-7,4-8)5-9;1-5-6(2,3)4;3*1-3(2)4(5)6;3*1-2-3(4)5/h7-9H,2-5H2,1H3;5H2,1-4H3;3*1H2,2H3,(H,5,6);3*2H,1H2,(H,4,5). The maximum Gasteiger partial charge on any atom is 0.330 e. The average molecular weight is 695 g/mol. The van der Waals surface area contributed by atoms with Crippen LogP contribution in [0, 0.1) is 10.8 Å². The molecule has 0 spiro atoms. The monoisotopic (exact) mass is 694 g/mol. The van der Waals surface area contributed by atoms with Gasteiger partial charge in [-0.05, 0) is 32.6 Å². The van der Waals surface area contributed by atoms with Crippen molar-refractivity contribution < 1.29 is 74.7 Å². The van der Waals surface area contributed by atoms with Gasteiger partial charge in [-0.3, -0.25) is 0 Å². The first kappa shape index (κ1) is 62.0. The Balaban J connectivity index is -0.0000000640. The predicted octanol–water partition coefficient (Wildman–Crippen LogP) is 4.51. The van der Waals surface area contributed by atoms with Crippen LogP contribution < -0.4 is 0 Å². The number of hydrogen-bond donors (Lipinski definition) is 9. The first-order valence-corrected chi connectivity index (χ1v) is 13.6. The Hall–Kier alpha value is -4.86. The van der Waals surface area contributed by atoms with Crippen molar-refractivity contribution in [2.24, 2.45) is 10.8 Å². The van der Waals surface area contributed by atoms with Crippen molar-refractivity contribution >= 4 is 35.8 Å². The minimum Gasteiger partial charge on any atom is -0.478 e. The Morgan fingerprint density at radius 2 is 0.625 bits per heavy atom. The molecule has 0 atom stereocenters. The van der Waals surface area contributed by atoms with Crippen LogP contribution in [0.2, 0.25) is 0 Å². The number of hydrogen-bond acceptors (Lipinski definition) is 9. The topological polar surface area (TPSA) is 284 Å². The molecule has 0 saturated carbocycles. The molecule has 0 radical (unpaired) electrons. The Morgan fingerprint density at radius 1 is 0.500 bits per heavy atom. The molecule has 9 N–H and O–H groups in total. The van der Waals surface area contributed by atoms with E-state index in [1.807, 2.05) is 6.92 Å². The number of carboxylic acid groups (broad SMARTS) is 6. The van der Waals surface area contributed by atoms with Crippen molar-refractivity contribution in [3.8, 4) is 0 Å². The van der Waals surface area contributed by atoms with Crippen LogP contribution in [0.3, 0.4) is 0 Å². The zero-order valence-corrected chi connectivity index (χ0v) is 29.5. The van der Waals surface area contributed by atoms with Gasteiger partial charge in [0.15, 0.2) is 0 Å². The van der Waals surface area contributed by atoms with Gasteiger partial charge in [0.25, 0.3) is 0 Å². The van der Waals surface area contributed by atoms with Gasteiger partial charge in [0, 0.05) is 40.4 Å². The summed E-state index contributed by atoms with van der Waals surface area (Å²) in [6.07, 6.45) is 4.36. The molecule has 0 aliphatic carbocycles. The summed E-state index contributed by atoms with van der Waals surface area (Å²) in [5, 5.41) is 72.5. The Bertz CT molecular complexity index is 844. The summed E-state index contributed by atoms with van der Waals surface area (Å²) in [6, 6.07) is 0. The van der Waals surface area contributed by atoms with E-state index in [1.165, 1.54) is 27.2 Å². The molecule has 0 fully saturated rings. The maximum atomic E-state index is 9.60. The van der Waals surface area contributed by atoms with Crippen molar-refractivity contribution in [3.05, 3.63) is 74.4 Å². The van der Waals surface area contributed by atoms with E-state index < -0.39 is 41.2 Å². The molecule has 0 saturated heterocycles. The fourth-order valence-electron chi connectivity index (χ4n) is 0.485. The molecule has 0 unspecified atom stereocenters. The predicted molar refractivity (Wildman–Crippen MR) is 185 cm³/mol. The molecular formula is C33H58O15. The number of aliphatic hydroxyl groups excluding tert-OH is 3. The van der Waals surface area contributed by atoms with Gasteiger partial charge in [-0.25, -0.2) is 28.8 Å². The minimum absolute atomic E-state index is 0.156. The highest BCUT2D eigenvalue weighted by Crippen LogP contribution is 2.18. The molecule has 0 heterocycles. The number of aliphatic hydroxyl groups is 3. The normalized spacial score (nSPS) is 8.56. The zero-order valence-electron chi connectivity index (χ0n) is 29.5. The highest BCUT2D eigenvalue weighted by Gasteiger charge is 2.24. The van der Waals surface area contributed by atoms with Crippen LogP contribution in [0.15, 0.2) is 74.4 Å². The van der Waals surface area contributed by atoms with Crippen LogP contribution in [0.4, 0.5) is 0 Å². The fourth-order valence-corrected chi connectivity index (χ4v) is 0.485. The van der Waals surface area contributed by atoms with Crippen LogP contribution in [-0.2, 0) is 28.8 Å². The molecule has 15 nitrogen and oxygen atoms in total. The minimum atomic E-state index is -0.981. The number of carboxylic acids is 6. The summed E-state index contributed by atoms with van der Waals surface area (Å²) < 4.78 is 0. The van der Waals surface area contributed by atoms with Crippen molar-refractivity contribution in [1.29, 1.82) is 0 Å². The molecule has 48 heavy (non-hydrogen) atoms. The molecule has 280 valence electrons. The number of carbonyl (C=O) groups is 6. The first-order valence-electron chi connectivity index (χ1n) is 13.6. The van der Waals surface area contributed by atoms with Crippen LogP contribution in [-0.4, -0.2) is 102 Å². The van der Waals surface area contributed by atoms with Gasteiger partial charge in [-0.15, -0.1) is 0 Å². The van der Waals surface area contributed by atoms with Crippen LogP contribution in [0.1, 0.15) is 68.2 Å². The van der Waals surface area contributed by atoms with E-state index in [-0.39, 0.29) is 36.5 Å². The average Bonchev–Trinajstić information content (AvgIpc) is 3.00. The summed E-state index contributed by atoms with van der Waals surface area (Å²) in [6.45, 7) is 33.0. The SMILES string of the molecule is C=C(C)C(=O)O.C=C(C)C(=O)O.C=C(C)C(=O)O.C=CC(=O)O.C=CC(=O)O.C=CC(=O)O.CCC(C)(C)C.CCC(CO)(CO)CO. The third kappa shape index (κ3) is 83.7. The van der Waals surface area contributed by atoms with Crippen LogP contribution in [0.5, 0.6) is 0 Å². The van der Waals surface area contributed by atoms with E-state index >= 15 is 0 Å². The summed E-state index contributed by atoms with van der Waals surface area (Å²) in [5.41, 5.74) is 0.403. The van der Waals surface area contributed by atoms with Gasteiger partial charge in [0.05, 0.1) is 19.8 Å². The molecule has 0 bridgehead atoms. The molecular weight excluding hydrogens is 636 g/mol. The molecule has 0 aromatic heterocycles. The zero-order chi connectivity index (χ0) is 40.9. The molecule has 0 aromatic carbocycles. The molecule has 0 aromatic rings. The van der Waals surface area contributed by atoms with E-state index in [2.05, 4.69) is 67.2 Å². The lowest BCUT2D eigenvalue weighted by Crippen LogP contribution is -2.32. The smallest absolute Gasteiger partial charge is 0.330 e. The molecule has 0 amide bonds. The first-order chi connectivity index (χ1) is 21.5. The quantitative estimate of drug-likeness (QED) is 0.142. The van der Waals surface area contributed by atoms with E-state index in [1.54, 1.807) is 0 Å². The lowest BCUT2D eigenvalue weighted by molar-refractivity contribution is -0.133. The van der Waals surface area contributed by atoms with Crippen molar-refractivity contribution in [2.45, 2.75) is 68.2 Å². The van der Waals surface area contributed by atoms with Crippen LogP contribution >= 0.6 is 0 Å². The maximum absolute atomic E-state index is 9.60.